The number of benzene rings is 1. The average molecular weight is 339 g/mol. The first kappa shape index (κ1) is 17.3. The lowest BCUT2D eigenvalue weighted by molar-refractivity contribution is -0.129. The quantitative estimate of drug-likeness (QED) is 0.793. The van der Waals surface area contributed by atoms with Crippen LogP contribution in [0.25, 0.3) is 0 Å². The molecule has 1 aliphatic rings. The van der Waals surface area contributed by atoms with Crippen LogP contribution in [0.1, 0.15) is 16.8 Å². The van der Waals surface area contributed by atoms with E-state index < -0.39 is 9.84 Å². The van der Waals surface area contributed by atoms with Gasteiger partial charge in [0.05, 0.1) is 23.6 Å². The first-order valence-corrected chi connectivity index (χ1v) is 9.17. The number of likely N-dealkylation sites (N-methyl/N-ethyl adjacent to an activating group) is 1. The fourth-order valence-electron chi connectivity index (χ4n) is 2.55. The highest BCUT2D eigenvalue weighted by Crippen LogP contribution is 2.18. The maximum absolute atomic E-state index is 12.2. The Hall–Kier alpha value is -2.09. The zero-order chi connectivity index (χ0) is 17.0. The second-order valence-corrected chi connectivity index (χ2v) is 7.77. The fourth-order valence-corrected chi connectivity index (χ4v) is 4.32. The lowest BCUT2D eigenvalue weighted by Gasteiger charge is -2.24. The highest BCUT2D eigenvalue weighted by molar-refractivity contribution is 7.91. The minimum Gasteiger partial charge on any atom is -0.376 e. The average Bonchev–Trinajstić information content (AvgIpc) is 2.91. The summed E-state index contributed by atoms with van der Waals surface area (Å²) in [7, 11) is 0.122. The highest BCUT2D eigenvalue weighted by Gasteiger charge is 2.32. The summed E-state index contributed by atoms with van der Waals surface area (Å²) < 4.78 is 23.0. The van der Waals surface area contributed by atoms with Gasteiger partial charge in [-0.15, -0.1) is 0 Å². The minimum absolute atomic E-state index is 0.00105. The van der Waals surface area contributed by atoms with Crippen molar-refractivity contribution >= 4 is 27.3 Å². The number of amides is 2. The van der Waals surface area contributed by atoms with Crippen molar-refractivity contribution in [2.75, 3.05) is 37.5 Å². The monoisotopic (exact) mass is 339 g/mol. The van der Waals surface area contributed by atoms with Crippen molar-refractivity contribution in [3.8, 4) is 0 Å². The molecule has 0 aromatic heterocycles. The molecule has 7 nitrogen and oxygen atoms in total. The van der Waals surface area contributed by atoms with Gasteiger partial charge in [-0.2, -0.15) is 0 Å². The van der Waals surface area contributed by atoms with Crippen LogP contribution in [-0.4, -0.2) is 63.3 Å². The maximum Gasteiger partial charge on any atom is 0.253 e. The molecule has 1 aromatic rings. The van der Waals surface area contributed by atoms with E-state index in [1.54, 1.807) is 38.4 Å². The molecule has 2 rings (SSSR count). The van der Waals surface area contributed by atoms with Gasteiger partial charge in [-0.3, -0.25) is 9.59 Å². The molecule has 1 fully saturated rings. The summed E-state index contributed by atoms with van der Waals surface area (Å²) in [5.74, 6) is -0.304. The Morgan fingerprint density at radius 2 is 2.00 bits per heavy atom. The third kappa shape index (κ3) is 4.22. The van der Waals surface area contributed by atoms with Gasteiger partial charge in [0.1, 0.15) is 0 Å². The summed E-state index contributed by atoms with van der Waals surface area (Å²) >= 11 is 0. The van der Waals surface area contributed by atoms with E-state index in [1.807, 2.05) is 0 Å². The van der Waals surface area contributed by atoms with Gasteiger partial charge >= 0.3 is 0 Å². The third-order valence-corrected chi connectivity index (χ3v) is 5.73. The number of hydrogen-bond donors (Lipinski definition) is 2. The Labute approximate surface area is 136 Å². The molecule has 0 spiro atoms. The van der Waals surface area contributed by atoms with Gasteiger partial charge in [0, 0.05) is 25.8 Å². The van der Waals surface area contributed by atoms with Gasteiger partial charge in [-0.1, -0.05) is 12.1 Å². The Morgan fingerprint density at radius 1 is 1.30 bits per heavy atom. The molecule has 0 aliphatic carbocycles. The maximum atomic E-state index is 12.2. The third-order valence-electron chi connectivity index (χ3n) is 3.98. The molecule has 0 radical (unpaired) electrons. The second-order valence-electron chi connectivity index (χ2n) is 5.54. The summed E-state index contributed by atoms with van der Waals surface area (Å²) in [6.45, 7) is 0.00105. The van der Waals surface area contributed by atoms with Crippen LogP contribution in [-0.2, 0) is 14.6 Å². The number of carbonyl (C=O) groups excluding carboxylic acids is 2. The Kier molecular flexibility index (Phi) is 5.25. The number of sulfone groups is 1. The fraction of sp³-hybridized carbons (Fsp3) is 0.467. The molecular formula is C15H21N3O4S. The van der Waals surface area contributed by atoms with Crippen LogP contribution in [0.2, 0.25) is 0 Å². The molecule has 0 saturated carbocycles. The summed E-state index contributed by atoms with van der Waals surface area (Å²) in [5.41, 5.74) is 1.02. The summed E-state index contributed by atoms with van der Waals surface area (Å²) in [4.78, 5) is 25.5. The van der Waals surface area contributed by atoms with E-state index in [0.717, 1.165) is 0 Å². The number of nitrogens with one attached hydrogen (secondary N) is 2. The normalized spacial score (nSPS) is 19.1. The van der Waals surface area contributed by atoms with Crippen LogP contribution in [0.3, 0.4) is 0 Å². The summed E-state index contributed by atoms with van der Waals surface area (Å²) in [6.07, 6.45) is 0.472. The van der Waals surface area contributed by atoms with Gasteiger partial charge in [0.2, 0.25) is 5.91 Å². The topological polar surface area (TPSA) is 95.6 Å². The van der Waals surface area contributed by atoms with Gasteiger partial charge in [-0.25, -0.2) is 8.42 Å². The molecule has 1 saturated heterocycles. The zero-order valence-corrected chi connectivity index (χ0v) is 14.0. The van der Waals surface area contributed by atoms with Crippen LogP contribution in [0.15, 0.2) is 24.3 Å². The smallest absolute Gasteiger partial charge is 0.253 e. The molecule has 2 N–H and O–H groups in total. The van der Waals surface area contributed by atoms with E-state index >= 15 is 0 Å². The van der Waals surface area contributed by atoms with Gasteiger partial charge in [-0.05, 0) is 18.6 Å². The van der Waals surface area contributed by atoms with Crippen molar-refractivity contribution in [2.45, 2.75) is 12.5 Å². The van der Waals surface area contributed by atoms with Crippen molar-refractivity contribution in [1.82, 2.24) is 10.2 Å². The molecule has 23 heavy (non-hydrogen) atoms. The first-order valence-electron chi connectivity index (χ1n) is 7.35. The SMILES string of the molecule is CNC(=O)c1ccccc1NCC(=O)N(C)[C@H]1CCS(=O)(=O)C1. The van der Waals surface area contributed by atoms with Crippen LogP contribution < -0.4 is 10.6 Å². The molecule has 126 valence electrons. The van der Waals surface area contributed by atoms with Gasteiger partial charge in [0.25, 0.3) is 5.91 Å². The van der Waals surface area contributed by atoms with E-state index in [2.05, 4.69) is 10.6 Å². The standard InChI is InChI=1S/C15H21N3O4S/c1-16-15(20)12-5-3-4-6-13(12)17-9-14(19)18(2)11-7-8-23(21,22)10-11/h3-6,11,17H,7-10H2,1-2H3,(H,16,20)/t11-/m0/s1. The molecule has 0 unspecified atom stereocenters. The predicted octanol–water partition coefficient (Wildman–Crippen LogP) is 0.104. The lowest BCUT2D eigenvalue weighted by atomic mass is 10.1. The molecular weight excluding hydrogens is 318 g/mol. The lowest BCUT2D eigenvalue weighted by Crippen LogP contribution is -2.41. The number of carbonyl (C=O) groups is 2. The first-order chi connectivity index (χ1) is 10.8. The number of anilines is 1. The molecule has 8 heteroatoms. The number of hydrogen-bond acceptors (Lipinski definition) is 5. The van der Waals surface area contributed by atoms with Crippen molar-refractivity contribution in [3.63, 3.8) is 0 Å². The zero-order valence-electron chi connectivity index (χ0n) is 13.2. The van der Waals surface area contributed by atoms with E-state index in [-0.39, 0.29) is 35.9 Å². The van der Waals surface area contributed by atoms with Crippen molar-refractivity contribution in [2.24, 2.45) is 0 Å². The Morgan fingerprint density at radius 3 is 2.61 bits per heavy atom. The molecule has 1 atom stereocenters. The van der Waals surface area contributed by atoms with E-state index in [1.165, 1.54) is 4.90 Å². The van der Waals surface area contributed by atoms with Gasteiger partial charge < -0.3 is 15.5 Å². The summed E-state index contributed by atoms with van der Waals surface area (Å²) in [5, 5.41) is 5.50. The van der Waals surface area contributed by atoms with E-state index in [0.29, 0.717) is 17.7 Å². The highest BCUT2D eigenvalue weighted by atomic mass is 32.2. The second kappa shape index (κ2) is 6.99. The molecule has 2 amide bonds. The Bertz CT molecular complexity index is 702. The van der Waals surface area contributed by atoms with Crippen LogP contribution in [0.4, 0.5) is 5.69 Å². The molecule has 1 heterocycles. The number of rotatable bonds is 5. The van der Waals surface area contributed by atoms with Crippen LogP contribution >= 0.6 is 0 Å². The molecule has 1 aliphatic heterocycles. The summed E-state index contributed by atoms with van der Waals surface area (Å²) in [6, 6.07) is 6.62. The van der Waals surface area contributed by atoms with Crippen LogP contribution in [0.5, 0.6) is 0 Å². The Balaban J connectivity index is 1.98. The number of para-hydroxylation sites is 1. The van der Waals surface area contributed by atoms with Crippen molar-refractivity contribution in [1.29, 1.82) is 0 Å². The van der Waals surface area contributed by atoms with Crippen molar-refractivity contribution in [3.05, 3.63) is 29.8 Å². The predicted molar refractivity (Wildman–Crippen MR) is 88.2 cm³/mol. The van der Waals surface area contributed by atoms with Gasteiger partial charge in [0.15, 0.2) is 9.84 Å². The molecule has 1 aromatic carbocycles. The minimum atomic E-state index is -3.03. The molecule has 0 bridgehead atoms. The van der Waals surface area contributed by atoms with E-state index in [9.17, 15) is 18.0 Å². The van der Waals surface area contributed by atoms with Crippen LogP contribution in [0, 0.1) is 0 Å². The number of nitrogens with zero attached hydrogens (tertiary/aromatic N) is 1. The van der Waals surface area contributed by atoms with E-state index in [4.69, 9.17) is 0 Å². The van der Waals surface area contributed by atoms with Crippen molar-refractivity contribution < 1.29 is 18.0 Å². The largest absolute Gasteiger partial charge is 0.376 e.